The fraction of sp³-hybridized carbons (Fsp3) is 0.167. The molecule has 0 radical (unpaired) electrons. The van der Waals surface area contributed by atoms with Gasteiger partial charge < -0.3 is 14.2 Å². The normalized spacial score (nSPS) is 12.4. The second-order valence-electron chi connectivity index (χ2n) is 5.18. The van der Waals surface area contributed by atoms with Gasteiger partial charge in [0.25, 0.3) is 5.91 Å². The van der Waals surface area contributed by atoms with E-state index in [1.54, 1.807) is 49.4 Å². The summed E-state index contributed by atoms with van der Waals surface area (Å²) in [5.41, 5.74) is 4.42. The molecule has 3 rings (SSSR count). The smallest absolute Gasteiger partial charge is 0.271 e. The molecule has 0 fully saturated rings. The average Bonchev–Trinajstić information content (AvgIpc) is 3.12. The lowest BCUT2D eigenvalue weighted by molar-refractivity contribution is 0.0954. The van der Waals surface area contributed by atoms with E-state index in [2.05, 4.69) is 10.5 Å². The number of amides is 1. The van der Waals surface area contributed by atoms with E-state index in [1.807, 2.05) is 6.07 Å². The van der Waals surface area contributed by atoms with Crippen LogP contribution in [0, 0.1) is 11.3 Å². The Kier molecular flexibility index (Phi) is 4.81. The van der Waals surface area contributed by atoms with E-state index in [0.717, 1.165) is 5.56 Å². The van der Waals surface area contributed by atoms with Gasteiger partial charge in [-0.05, 0) is 55.0 Å². The van der Waals surface area contributed by atoms with Crippen molar-refractivity contribution < 1.29 is 19.0 Å². The Bertz CT molecular complexity index is 854. The molecule has 25 heavy (non-hydrogen) atoms. The topological polar surface area (TPSA) is 92.9 Å². The van der Waals surface area contributed by atoms with Crippen LogP contribution in [0.4, 0.5) is 0 Å². The molecular formula is C18H15N3O4. The quantitative estimate of drug-likeness (QED) is 0.668. The minimum absolute atomic E-state index is 0.00198. The molecule has 0 saturated carbocycles. The molecule has 126 valence electrons. The first-order chi connectivity index (χ1) is 12.2. The number of hydrogen-bond acceptors (Lipinski definition) is 6. The number of carbonyl (C=O) groups is 1. The molecule has 0 aliphatic carbocycles. The Labute approximate surface area is 144 Å². The van der Waals surface area contributed by atoms with E-state index in [0.29, 0.717) is 28.5 Å². The van der Waals surface area contributed by atoms with Crippen molar-refractivity contribution >= 4 is 11.6 Å². The molecular weight excluding hydrogens is 322 g/mol. The monoisotopic (exact) mass is 337 g/mol. The van der Waals surface area contributed by atoms with E-state index in [4.69, 9.17) is 19.5 Å². The summed E-state index contributed by atoms with van der Waals surface area (Å²) in [5.74, 6) is 1.42. The molecule has 0 atom stereocenters. The van der Waals surface area contributed by atoms with Crippen LogP contribution >= 0.6 is 0 Å². The molecule has 7 nitrogen and oxygen atoms in total. The lowest BCUT2D eigenvalue weighted by atomic mass is 10.1. The van der Waals surface area contributed by atoms with Gasteiger partial charge in [-0.25, -0.2) is 5.43 Å². The molecule has 0 bridgehead atoms. The Morgan fingerprint density at radius 3 is 2.68 bits per heavy atom. The van der Waals surface area contributed by atoms with Gasteiger partial charge in [0.1, 0.15) is 11.8 Å². The van der Waals surface area contributed by atoms with Crippen LogP contribution < -0.4 is 19.6 Å². The number of rotatable bonds is 5. The van der Waals surface area contributed by atoms with Crippen LogP contribution in [0.1, 0.15) is 22.8 Å². The van der Waals surface area contributed by atoms with E-state index in [9.17, 15) is 4.79 Å². The highest BCUT2D eigenvalue weighted by Gasteiger charge is 2.16. The van der Waals surface area contributed by atoms with Gasteiger partial charge in [0.15, 0.2) is 18.1 Å². The van der Waals surface area contributed by atoms with Gasteiger partial charge in [-0.15, -0.1) is 0 Å². The third-order valence-electron chi connectivity index (χ3n) is 3.54. The van der Waals surface area contributed by atoms with Crippen molar-refractivity contribution in [3.8, 4) is 23.3 Å². The molecule has 0 spiro atoms. The van der Waals surface area contributed by atoms with Gasteiger partial charge in [-0.3, -0.25) is 4.79 Å². The molecule has 0 aromatic heterocycles. The summed E-state index contributed by atoms with van der Waals surface area (Å²) in [5, 5.41) is 12.6. The summed E-state index contributed by atoms with van der Waals surface area (Å²) in [4.78, 5) is 12.2. The Balaban J connectivity index is 1.64. The molecule has 2 aromatic rings. The lowest BCUT2D eigenvalue weighted by Gasteiger charge is -2.05. The Morgan fingerprint density at radius 2 is 1.92 bits per heavy atom. The van der Waals surface area contributed by atoms with Crippen LogP contribution in [0.15, 0.2) is 47.6 Å². The number of ether oxygens (including phenoxy) is 3. The van der Waals surface area contributed by atoms with E-state index in [-0.39, 0.29) is 19.3 Å². The Morgan fingerprint density at radius 1 is 1.20 bits per heavy atom. The number of nitrogens with one attached hydrogen (secondary N) is 1. The Hall–Kier alpha value is -3.53. The molecule has 2 aromatic carbocycles. The van der Waals surface area contributed by atoms with Crippen LogP contribution in [0.2, 0.25) is 0 Å². The number of benzene rings is 2. The summed E-state index contributed by atoms with van der Waals surface area (Å²) in [6.45, 7) is 1.94. The van der Waals surface area contributed by atoms with Crippen molar-refractivity contribution in [2.75, 3.05) is 13.4 Å². The predicted molar refractivity (Wildman–Crippen MR) is 89.8 cm³/mol. The maximum atomic E-state index is 12.2. The molecule has 1 aliphatic rings. The van der Waals surface area contributed by atoms with E-state index < -0.39 is 0 Å². The van der Waals surface area contributed by atoms with Gasteiger partial charge in [-0.1, -0.05) is 0 Å². The number of nitriles is 1. The fourth-order valence-corrected chi connectivity index (χ4v) is 2.21. The third-order valence-corrected chi connectivity index (χ3v) is 3.54. The first-order valence-electron chi connectivity index (χ1n) is 7.52. The van der Waals surface area contributed by atoms with Crippen molar-refractivity contribution in [1.29, 1.82) is 5.26 Å². The first kappa shape index (κ1) is 16.3. The highest BCUT2D eigenvalue weighted by molar-refractivity contribution is 6.01. The number of hydrazone groups is 1. The minimum atomic E-state index is -0.341. The average molecular weight is 337 g/mol. The molecule has 1 amide bonds. The third kappa shape index (κ3) is 3.87. The number of hydrogen-bond donors (Lipinski definition) is 1. The fourth-order valence-electron chi connectivity index (χ4n) is 2.21. The highest BCUT2D eigenvalue weighted by atomic mass is 16.7. The van der Waals surface area contributed by atoms with Gasteiger partial charge in [0.05, 0.1) is 5.71 Å². The number of carbonyl (C=O) groups excluding carboxylic acids is 1. The van der Waals surface area contributed by atoms with Crippen LogP contribution in [-0.4, -0.2) is 25.0 Å². The van der Waals surface area contributed by atoms with E-state index in [1.165, 1.54) is 0 Å². The summed E-state index contributed by atoms with van der Waals surface area (Å²) in [7, 11) is 0. The maximum Gasteiger partial charge on any atom is 0.271 e. The van der Waals surface area contributed by atoms with Crippen molar-refractivity contribution in [3.63, 3.8) is 0 Å². The maximum absolute atomic E-state index is 12.2. The summed E-state index contributed by atoms with van der Waals surface area (Å²) < 4.78 is 15.7. The van der Waals surface area contributed by atoms with E-state index >= 15 is 0 Å². The zero-order valence-corrected chi connectivity index (χ0v) is 13.5. The van der Waals surface area contributed by atoms with Crippen molar-refractivity contribution in [2.45, 2.75) is 6.92 Å². The molecule has 1 aliphatic heterocycles. The number of nitrogens with zero attached hydrogens (tertiary/aromatic N) is 2. The molecule has 0 saturated heterocycles. The first-order valence-corrected chi connectivity index (χ1v) is 7.52. The molecule has 7 heteroatoms. The molecule has 0 unspecified atom stereocenters. The molecule has 1 N–H and O–H groups in total. The van der Waals surface area contributed by atoms with Crippen molar-refractivity contribution in [3.05, 3.63) is 53.6 Å². The lowest BCUT2D eigenvalue weighted by Crippen LogP contribution is -2.19. The van der Waals surface area contributed by atoms with Crippen molar-refractivity contribution in [2.24, 2.45) is 5.10 Å². The highest BCUT2D eigenvalue weighted by Crippen LogP contribution is 2.32. The zero-order chi connectivity index (χ0) is 17.6. The van der Waals surface area contributed by atoms with Crippen molar-refractivity contribution in [1.82, 2.24) is 5.43 Å². The SMILES string of the molecule is C/C(=N/NC(=O)c1ccc2c(c1)OCO2)c1ccc(OCC#N)cc1. The zero-order valence-electron chi connectivity index (χ0n) is 13.5. The van der Waals surface area contributed by atoms with Crippen LogP contribution in [0.25, 0.3) is 0 Å². The summed E-state index contributed by atoms with van der Waals surface area (Å²) in [6, 6.07) is 13.9. The second-order valence-corrected chi connectivity index (χ2v) is 5.18. The largest absolute Gasteiger partial charge is 0.479 e. The van der Waals surface area contributed by atoms with Gasteiger partial charge in [0, 0.05) is 5.56 Å². The standard InChI is InChI=1S/C18H15N3O4/c1-12(13-2-5-15(6-3-13)23-9-8-19)20-21-18(22)14-4-7-16-17(10-14)25-11-24-16/h2-7,10H,9,11H2,1H3,(H,21,22)/b20-12-. The predicted octanol–water partition coefficient (Wildman–Crippen LogP) is 2.47. The number of fused-ring (bicyclic) bond motifs is 1. The second kappa shape index (κ2) is 7.36. The summed E-state index contributed by atoms with van der Waals surface area (Å²) >= 11 is 0. The minimum Gasteiger partial charge on any atom is -0.479 e. The molecule has 1 heterocycles. The van der Waals surface area contributed by atoms with Crippen LogP contribution in [-0.2, 0) is 0 Å². The van der Waals surface area contributed by atoms with Gasteiger partial charge in [0.2, 0.25) is 6.79 Å². The van der Waals surface area contributed by atoms with Crippen LogP contribution in [0.5, 0.6) is 17.2 Å². The van der Waals surface area contributed by atoms with Gasteiger partial charge in [-0.2, -0.15) is 10.4 Å². The van der Waals surface area contributed by atoms with Gasteiger partial charge >= 0.3 is 0 Å². The summed E-state index contributed by atoms with van der Waals surface area (Å²) in [6.07, 6.45) is 0. The van der Waals surface area contributed by atoms with Crippen LogP contribution in [0.3, 0.4) is 0 Å².